The molecule has 1 fully saturated rings. The van der Waals surface area contributed by atoms with Crippen LogP contribution < -0.4 is 5.32 Å². The van der Waals surface area contributed by atoms with E-state index < -0.39 is 5.54 Å². The van der Waals surface area contributed by atoms with Crippen molar-refractivity contribution in [3.8, 4) is 11.8 Å². The largest absolute Gasteiger partial charge is 0.394 e. The molecule has 1 heterocycles. The normalized spacial score (nSPS) is 19.3. The molecule has 4 nitrogen and oxygen atoms in total. The second-order valence-electron chi connectivity index (χ2n) is 3.38. The predicted molar refractivity (Wildman–Crippen MR) is 51.5 cm³/mol. The summed E-state index contributed by atoms with van der Waals surface area (Å²) in [5.41, 5.74) is -0.529. The molecule has 1 aliphatic rings. The van der Waals surface area contributed by atoms with Crippen molar-refractivity contribution < 1.29 is 14.6 Å². The van der Waals surface area contributed by atoms with Gasteiger partial charge in [-0.05, 0) is 25.7 Å². The molecule has 1 saturated heterocycles. The number of carbonyl (C=O) groups excluding carboxylic acids is 1. The first-order valence-electron chi connectivity index (χ1n) is 4.66. The minimum absolute atomic E-state index is 0.0620. The minimum atomic E-state index is -0.529. The maximum absolute atomic E-state index is 11.2. The van der Waals surface area contributed by atoms with Crippen molar-refractivity contribution in [1.29, 1.82) is 0 Å². The third-order valence-corrected chi connectivity index (χ3v) is 2.37. The van der Waals surface area contributed by atoms with Crippen molar-refractivity contribution in [2.45, 2.75) is 25.3 Å². The second-order valence-corrected chi connectivity index (χ2v) is 3.38. The average Bonchev–Trinajstić information content (AvgIpc) is 2.19. The van der Waals surface area contributed by atoms with E-state index >= 15 is 0 Å². The Bertz CT molecular complexity index is 258. The Hall–Kier alpha value is -1.05. The van der Waals surface area contributed by atoms with Gasteiger partial charge in [0.05, 0.1) is 12.1 Å². The number of aliphatic hydroxyl groups is 1. The topological polar surface area (TPSA) is 58.6 Å². The zero-order chi connectivity index (χ0) is 10.4. The quantitative estimate of drug-likeness (QED) is 0.596. The summed E-state index contributed by atoms with van der Waals surface area (Å²) in [5, 5.41) is 12.0. The van der Waals surface area contributed by atoms with E-state index in [4.69, 9.17) is 4.74 Å². The van der Waals surface area contributed by atoms with E-state index in [1.54, 1.807) is 6.92 Å². The van der Waals surface area contributed by atoms with Crippen molar-refractivity contribution in [3.63, 3.8) is 0 Å². The van der Waals surface area contributed by atoms with Gasteiger partial charge in [0.1, 0.15) is 0 Å². The highest BCUT2D eigenvalue weighted by Gasteiger charge is 2.32. The molecule has 0 atom stereocenters. The molecule has 1 amide bonds. The van der Waals surface area contributed by atoms with E-state index in [0.29, 0.717) is 26.1 Å². The molecule has 0 radical (unpaired) electrons. The van der Waals surface area contributed by atoms with Crippen LogP contribution >= 0.6 is 0 Å². The Kier molecular flexibility index (Phi) is 3.93. The van der Waals surface area contributed by atoms with Crippen LogP contribution in [0, 0.1) is 11.8 Å². The number of hydrogen-bond donors (Lipinski definition) is 2. The lowest BCUT2D eigenvalue weighted by Crippen LogP contribution is -2.54. The lowest BCUT2D eigenvalue weighted by molar-refractivity contribution is -0.119. The first kappa shape index (κ1) is 11.0. The maximum Gasteiger partial charge on any atom is 0.296 e. The van der Waals surface area contributed by atoms with Crippen LogP contribution in [0.4, 0.5) is 0 Å². The van der Waals surface area contributed by atoms with Gasteiger partial charge in [0.25, 0.3) is 5.91 Å². The van der Waals surface area contributed by atoms with Gasteiger partial charge >= 0.3 is 0 Å². The monoisotopic (exact) mass is 197 g/mol. The number of hydrogen-bond acceptors (Lipinski definition) is 3. The minimum Gasteiger partial charge on any atom is -0.394 e. The molecular weight excluding hydrogens is 182 g/mol. The van der Waals surface area contributed by atoms with Gasteiger partial charge in [0.15, 0.2) is 0 Å². The highest BCUT2D eigenvalue weighted by Crippen LogP contribution is 2.19. The Balaban J connectivity index is 2.58. The summed E-state index contributed by atoms with van der Waals surface area (Å²) in [6, 6.07) is 0. The molecule has 1 rings (SSSR count). The van der Waals surface area contributed by atoms with Gasteiger partial charge in [0.2, 0.25) is 0 Å². The zero-order valence-corrected chi connectivity index (χ0v) is 8.30. The Morgan fingerprint density at radius 2 is 2.21 bits per heavy atom. The fraction of sp³-hybridized carbons (Fsp3) is 0.700. The summed E-state index contributed by atoms with van der Waals surface area (Å²) in [7, 11) is 0. The smallest absolute Gasteiger partial charge is 0.296 e. The fourth-order valence-corrected chi connectivity index (χ4v) is 1.47. The van der Waals surface area contributed by atoms with E-state index in [1.165, 1.54) is 0 Å². The van der Waals surface area contributed by atoms with Crippen LogP contribution in [0.2, 0.25) is 0 Å². The third kappa shape index (κ3) is 2.72. The van der Waals surface area contributed by atoms with Crippen molar-refractivity contribution in [1.82, 2.24) is 5.32 Å². The molecule has 1 aliphatic heterocycles. The highest BCUT2D eigenvalue weighted by atomic mass is 16.5. The summed E-state index contributed by atoms with van der Waals surface area (Å²) in [4.78, 5) is 11.2. The number of nitrogens with one attached hydrogen (secondary N) is 1. The molecular formula is C10H15NO3. The Labute approximate surface area is 83.6 Å². The number of carbonyl (C=O) groups is 1. The molecule has 0 aromatic heterocycles. The number of rotatable bonds is 2. The SMILES string of the molecule is CC#CC(=O)NC1(CO)CCOCC1. The Morgan fingerprint density at radius 3 is 2.71 bits per heavy atom. The molecule has 78 valence electrons. The number of ether oxygens (including phenoxy) is 1. The molecule has 0 aromatic rings. The summed E-state index contributed by atoms with van der Waals surface area (Å²) in [6.45, 7) is 2.68. The first-order chi connectivity index (χ1) is 6.72. The van der Waals surface area contributed by atoms with Crippen LogP contribution in [0.5, 0.6) is 0 Å². The average molecular weight is 197 g/mol. The van der Waals surface area contributed by atoms with Crippen LogP contribution in [-0.2, 0) is 9.53 Å². The van der Waals surface area contributed by atoms with Gasteiger partial charge in [0, 0.05) is 13.2 Å². The van der Waals surface area contributed by atoms with E-state index in [1.807, 2.05) is 0 Å². The summed E-state index contributed by atoms with van der Waals surface area (Å²) in [5.74, 6) is 4.59. The van der Waals surface area contributed by atoms with Gasteiger partial charge in [-0.3, -0.25) is 4.79 Å². The standard InChI is InChI=1S/C10H15NO3/c1-2-3-9(13)11-10(8-12)4-6-14-7-5-10/h12H,4-8H2,1H3,(H,11,13). The van der Waals surface area contributed by atoms with Crippen LogP contribution in [-0.4, -0.2) is 36.4 Å². The van der Waals surface area contributed by atoms with Crippen molar-refractivity contribution >= 4 is 5.91 Å². The lowest BCUT2D eigenvalue weighted by atomic mass is 9.91. The van der Waals surface area contributed by atoms with E-state index in [-0.39, 0.29) is 12.5 Å². The summed E-state index contributed by atoms with van der Waals surface area (Å²) < 4.78 is 5.17. The Morgan fingerprint density at radius 1 is 1.57 bits per heavy atom. The summed E-state index contributed by atoms with van der Waals surface area (Å²) >= 11 is 0. The van der Waals surface area contributed by atoms with Gasteiger partial charge in [-0.25, -0.2) is 0 Å². The third-order valence-electron chi connectivity index (χ3n) is 2.37. The van der Waals surface area contributed by atoms with Gasteiger partial charge in [-0.15, -0.1) is 0 Å². The number of aliphatic hydroxyl groups excluding tert-OH is 1. The molecule has 0 saturated carbocycles. The van der Waals surface area contributed by atoms with Gasteiger partial charge in [-0.1, -0.05) is 5.92 Å². The first-order valence-corrected chi connectivity index (χ1v) is 4.66. The van der Waals surface area contributed by atoms with Crippen LogP contribution in [0.25, 0.3) is 0 Å². The van der Waals surface area contributed by atoms with E-state index in [9.17, 15) is 9.90 Å². The van der Waals surface area contributed by atoms with Crippen LogP contribution in [0.15, 0.2) is 0 Å². The molecule has 14 heavy (non-hydrogen) atoms. The van der Waals surface area contributed by atoms with Crippen LogP contribution in [0.1, 0.15) is 19.8 Å². The molecule has 2 N–H and O–H groups in total. The maximum atomic E-state index is 11.2. The fourth-order valence-electron chi connectivity index (χ4n) is 1.47. The van der Waals surface area contributed by atoms with Gasteiger partial charge < -0.3 is 15.2 Å². The zero-order valence-electron chi connectivity index (χ0n) is 8.30. The molecule has 0 aliphatic carbocycles. The predicted octanol–water partition coefficient (Wildman–Crippen LogP) is -0.333. The molecule has 4 heteroatoms. The van der Waals surface area contributed by atoms with E-state index in [0.717, 1.165) is 0 Å². The van der Waals surface area contributed by atoms with Crippen molar-refractivity contribution in [2.75, 3.05) is 19.8 Å². The van der Waals surface area contributed by atoms with Crippen LogP contribution in [0.3, 0.4) is 0 Å². The molecule has 0 bridgehead atoms. The molecule has 0 aromatic carbocycles. The van der Waals surface area contributed by atoms with Crippen molar-refractivity contribution in [2.24, 2.45) is 0 Å². The molecule has 0 spiro atoms. The number of amides is 1. The van der Waals surface area contributed by atoms with E-state index in [2.05, 4.69) is 17.2 Å². The summed E-state index contributed by atoms with van der Waals surface area (Å²) in [6.07, 6.45) is 1.28. The lowest BCUT2D eigenvalue weighted by Gasteiger charge is -2.35. The highest BCUT2D eigenvalue weighted by molar-refractivity contribution is 5.93. The van der Waals surface area contributed by atoms with Crippen molar-refractivity contribution in [3.05, 3.63) is 0 Å². The second kappa shape index (κ2) is 4.99. The molecule has 0 unspecified atom stereocenters. The van der Waals surface area contributed by atoms with Gasteiger partial charge in [-0.2, -0.15) is 0 Å².